The van der Waals surface area contributed by atoms with Crippen molar-refractivity contribution in [2.24, 2.45) is 0 Å². The summed E-state index contributed by atoms with van der Waals surface area (Å²) in [7, 11) is 0. The van der Waals surface area contributed by atoms with Gasteiger partial charge in [0, 0.05) is 18.5 Å². The van der Waals surface area contributed by atoms with Gasteiger partial charge in [-0.2, -0.15) is 9.38 Å². The maximum atomic E-state index is 11.9. The van der Waals surface area contributed by atoms with Crippen LogP contribution >= 0.6 is 11.3 Å². The molecule has 0 spiro atoms. The number of nitrogens with one attached hydrogen (secondary N) is 1. The van der Waals surface area contributed by atoms with E-state index in [4.69, 9.17) is 4.74 Å². The van der Waals surface area contributed by atoms with E-state index in [1.54, 1.807) is 32.3 Å². The molecule has 1 fully saturated rings. The molecule has 24 heavy (non-hydrogen) atoms. The predicted octanol–water partition coefficient (Wildman–Crippen LogP) is 2.41. The highest BCUT2D eigenvalue weighted by atomic mass is 32.1. The Bertz CT molecular complexity index is 778. The summed E-state index contributed by atoms with van der Waals surface area (Å²) in [5.74, 6) is 0.310. The standard InChI is InChI=1S/C14H19N5O4S/c1-14(2,3)23-13(20)15-9-4-5-17(8-9)10-11(19(21)22)18-6-7-24-12(18)16-10/h6-7,9H,4-5,8H2,1-3H3,(H,15,20)/t9-/m0/s1. The first kappa shape index (κ1) is 16.5. The molecule has 1 atom stereocenters. The number of hydrogen-bond donors (Lipinski definition) is 1. The minimum absolute atomic E-state index is 0.0378. The maximum Gasteiger partial charge on any atom is 0.407 e. The van der Waals surface area contributed by atoms with Gasteiger partial charge in [-0.3, -0.25) is 0 Å². The number of rotatable bonds is 3. The van der Waals surface area contributed by atoms with E-state index in [1.165, 1.54) is 15.7 Å². The van der Waals surface area contributed by atoms with Gasteiger partial charge in [0.2, 0.25) is 5.82 Å². The predicted molar refractivity (Wildman–Crippen MR) is 89.7 cm³/mol. The first-order valence-corrected chi connectivity index (χ1v) is 8.47. The third-order valence-electron chi connectivity index (χ3n) is 3.60. The fourth-order valence-electron chi connectivity index (χ4n) is 2.69. The number of anilines is 1. The Balaban J connectivity index is 1.72. The van der Waals surface area contributed by atoms with E-state index in [1.807, 2.05) is 4.90 Å². The van der Waals surface area contributed by atoms with Gasteiger partial charge in [-0.15, -0.1) is 0 Å². The number of carbonyl (C=O) groups excluding carboxylic acids is 1. The second kappa shape index (κ2) is 5.93. The minimum Gasteiger partial charge on any atom is -0.444 e. The van der Waals surface area contributed by atoms with Gasteiger partial charge in [0.05, 0.1) is 6.04 Å². The maximum absolute atomic E-state index is 11.9. The molecular formula is C14H19N5O4S. The van der Waals surface area contributed by atoms with E-state index in [-0.39, 0.29) is 11.9 Å². The fourth-order valence-corrected chi connectivity index (χ4v) is 3.39. The van der Waals surface area contributed by atoms with Crippen molar-refractivity contribution in [3.05, 3.63) is 21.7 Å². The Morgan fingerprint density at radius 1 is 1.54 bits per heavy atom. The van der Waals surface area contributed by atoms with E-state index in [9.17, 15) is 14.9 Å². The van der Waals surface area contributed by atoms with E-state index >= 15 is 0 Å². The average Bonchev–Trinajstić information content (AvgIpc) is 3.08. The molecule has 0 aliphatic carbocycles. The van der Waals surface area contributed by atoms with Crippen LogP contribution in [0.5, 0.6) is 0 Å². The molecule has 0 saturated carbocycles. The highest BCUT2D eigenvalue weighted by molar-refractivity contribution is 7.15. The number of hydrogen-bond acceptors (Lipinski definition) is 7. The Morgan fingerprint density at radius 2 is 2.29 bits per heavy atom. The van der Waals surface area contributed by atoms with Crippen molar-refractivity contribution in [1.82, 2.24) is 14.7 Å². The van der Waals surface area contributed by atoms with Crippen LogP contribution in [0, 0.1) is 10.1 Å². The molecule has 0 radical (unpaired) electrons. The van der Waals surface area contributed by atoms with Crippen molar-refractivity contribution in [3.63, 3.8) is 0 Å². The summed E-state index contributed by atoms with van der Waals surface area (Å²) in [6.07, 6.45) is 1.84. The molecule has 9 nitrogen and oxygen atoms in total. The SMILES string of the molecule is CC(C)(C)OC(=O)N[C@H]1CCN(c2nc3sccn3c2[N+](=O)[O-])C1. The minimum atomic E-state index is -0.560. The Kier molecular flexibility index (Phi) is 4.08. The molecule has 3 rings (SSSR count). The van der Waals surface area contributed by atoms with E-state index in [0.29, 0.717) is 30.3 Å². The molecule has 0 unspecified atom stereocenters. The van der Waals surface area contributed by atoms with E-state index in [0.717, 1.165) is 0 Å². The summed E-state index contributed by atoms with van der Waals surface area (Å²) in [4.78, 5) is 29.6. The lowest BCUT2D eigenvalue weighted by atomic mass is 10.2. The van der Waals surface area contributed by atoms with Gasteiger partial charge in [0.15, 0.2) is 0 Å². The van der Waals surface area contributed by atoms with Crippen molar-refractivity contribution in [2.75, 3.05) is 18.0 Å². The highest BCUT2D eigenvalue weighted by Gasteiger charge is 2.33. The second-order valence-corrected chi connectivity index (χ2v) is 7.52. The zero-order valence-electron chi connectivity index (χ0n) is 13.7. The number of thiazole rings is 1. The van der Waals surface area contributed by atoms with Crippen LogP contribution in [0.1, 0.15) is 27.2 Å². The van der Waals surface area contributed by atoms with Crippen LogP contribution < -0.4 is 10.2 Å². The Morgan fingerprint density at radius 3 is 2.96 bits per heavy atom. The van der Waals surface area contributed by atoms with Crippen molar-refractivity contribution >= 4 is 34.0 Å². The van der Waals surface area contributed by atoms with Crippen LogP contribution in [0.3, 0.4) is 0 Å². The van der Waals surface area contributed by atoms with Crippen molar-refractivity contribution in [1.29, 1.82) is 0 Å². The normalized spacial score (nSPS) is 18.1. The summed E-state index contributed by atoms with van der Waals surface area (Å²) in [6.45, 7) is 6.45. The van der Waals surface area contributed by atoms with Crippen LogP contribution in [0.4, 0.5) is 16.4 Å². The van der Waals surface area contributed by atoms with Gasteiger partial charge in [-0.05, 0) is 32.1 Å². The lowest BCUT2D eigenvalue weighted by molar-refractivity contribution is -0.389. The Hall–Kier alpha value is -2.36. The number of imidazole rings is 1. The quantitative estimate of drug-likeness (QED) is 0.671. The largest absolute Gasteiger partial charge is 0.444 e. The molecule has 2 aromatic heterocycles. The third kappa shape index (κ3) is 3.28. The first-order chi connectivity index (χ1) is 11.2. The summed E-state index contributed by atoms with van der Waals surface area (Å²) in [5.41, 5.74) is -0.560. The van der Waals surface area contributed by atoms with Gasteiger partial charge in [0.1, 0.15) is 11.8 Å². The monoisotopic (exact) mass is 353 g/mol. The molecule has 0 aromatic carbocycles. The van der Waals surface area contributed by atoms with Crippen LogP contribution in [0.25, 0.3) is 4.96 Å². The van der Waals surface area contributed by atoms with Gasteiger partial charge < -0.3 is 25.1 Å². The number of carbonyl (C=O) groups is 1. The van der Waals surface area contributed by atoms with Crippen molar-refractivity contribution in [3.8, 4) is 0 Å². The van der Waals surface area contributed by atoms with Gasteiger partial charge in [-0.25, -0.2) is 4.79 Å². The molecule has 130 valence electrons. The molecule has 1 N–H and O–H groups in total. The average molecular weight is 353 g/mol. The topological polar surface area (TPSA) is 102 Å². The van der Waals surface area contributed by atoms with Crippen LogP contribution in [0.15, 0.2) is 11.6 Å². The molecule has 1 saturated heterocycles. The zero-order valence-corrected chi connectivity index (χ0v) is 14.5. The fraction of sp³-hybridized carbons (Fsp3) is 0.571. The van der Waals surface area contributed by atoms with Crippen molar-refractivity contribution in [2.45, 2.75) is 38.8 Å². The number of amides is 1. The summed E-state index contributed by atoms with van der Waals surface area (Å²) >= 11 is 1.35. The van der Waals surface area contributed by atoms with Crippen molar-refractivity contribution < 1.29 is 14.5 Å². The molecule has 1 aliphatic rings. The van der Waals surface area contributed by atoms with Gasteiger partial charge in [-0.1, -0.05) is 11.3 Å². The lowest BCUT2D eigenvalue weighted by Gasteiger charge is -2.22. The number of aromatic nitrogens is 2. The zero-order chi connectivity index (χ0) is 17.5. The summed E-state index contributed by atoms with van der Waals surface area (Å²) in [6, 6.07) is -0.126. The lowest BCUT2D eigenvalue weighted by Crippen LogP contribution is -2.40. The van der Waals surface area contributed by atoms with E-state index in [2.05, 4.69) is 10.3 Å². The summed E-state index contributed by atoms with van der Waals surface area (Å²) in [5, 5.41) is 16.0. The molecular weight excluding hydrogens is 334 g/mol. The number of nitro groups is 1. The van der Waals surface area contributed by atoms with Crippen LogP contribution in [-0.2, 0) is 4.74 Å². The number of nitrogens with zero attached hydrogens (tertiary/aromatic N) is 4. The Labute approximate surface area is 142 Å². The molecule has 1 amide bonds. The molecule has 0 bridgehead atoms. The molecule has 1 aliphatic heterocycles. The number of ether oxygens (including phenoxy) is 1. The molecule has 3 heterocycles. The first-order valence-electron chi connectivity index (χ1n) is 7.59. The smallest absolute Gasteiger partial charge is 0.407 e. The highest BCUT2D eigenvalue weighted by Crippen LogP contribution is 2.32. The molecule has 10 heteroatoms. The third-order valence-corrected chi connectivity index (χ3v) is 4.36. The number of fused-ring (bicyclic) bond motifs is 1. The number of alkyl carbamates (subject to hydrolysis) is 1. The van der Waals surface area contributed by atoms with Crippen LogP contribution in [-0.4, -0.2) is 45.1 Å². The molecule has 2 aromatic rings. The summed E-state index contributed by atoms with van der Waals surface area (Å²) < 4.78 is 6.72. The second-order valence-electron chi connectivity index (χ2n) is 6.65. The van der Waals surface area contributed by atoms with Gasteiger partial charge in [0.25, 0.3) is 4.96 Å². The van der Waals surface area contributed by atoms with E-state index < -0.39 is 16.6 Å². The van der Waals surface area contributed by atoms with Gasteiger partial charge >= 0.3 is 11.9 Å². The van der Waals surface area contributed by atoms with Crippen LogP contribution in [0.2, 0.25) is 0 Å².